The first kappa shape index (κ1) is 15.5. The zero-order valence-electron chi connectivity index (χ0n) is 14.1. The van der Waals surface area contributed by atoms with Crippen molar-refractivity contribution in [2.24, 2.45) is 0 Å². The van der Waals surface area contributed by atoms with Crippen LogP contribution in [0.2, 0.25) is 0 Å². The van der Waals surface area contributed by atoms with E-state index in [4.69, 9.17) is 0 Å². The molecule has 3 aromatic rings. The molecule has 0 atom stereocenters. The number of anilines is 1. The Morgan fingerprint density at radius 2 is 2.00 bits per heavy atom. The molecule has 6 heteroatoms. The van der Waals surface area contributed by atoms with Crippen molar-refractivity contribution in [1.82, 2.24) is 19.7 Å². The van der Waals surface area contributed by atoms with Crippen LogP contribution >= 0.6 is 0 Å². The molecule has 0 bridgehead atoms. The van der Waals surface area contributed by atoms with Crippen molar-refractivity contribution in [2.75, 3.05) is 5.32 Å². The van der Waals surface area contributed by atoms with Gasteiger partial charge in [0.15, 0.2) is 5.82 Å². The Morgan fingerprint density at radius 3 is 2.76 bits per heavy atom. The summed E-state index contributed by atoms with van der Waals surface area (Å²) in [6.45, 7) is 2.90. The third-order valence-electron chi connectivity index (χ3n) is 4.37. The van der Waals surface area contributed by atoms with Crippen LogP contribution in [0, 0.1) is 6.92 Å². The highest BCUT2D eigenvalue weighted by Crippen LogP contribution is 2.24. The van der Waals surface area contributed by atoms with Gasteiger partial charge in [-0.25, -0.2) is 0 Å². The monoisotopic (exact) mass is 333 g/mol. The average Bonchev–Trinajstić information content (AvgIpc) is 3.21. The van der Waals surface area contributed by atoms with Crippen LogP contribution in [-0.2, 0) is 24.2 Å². The maximum absolute atomic E-state index is 12.2. The van der Waals surface area contributed by atoms with E-state index in [9.17, 15) is 4.79 Å². The highest BCUT2D eigenvalue weighted by Gasteiger charge is 2.18. The molecule has 1 aliphatic heterocycles. The number of rotatable bonds is 4. The molecule has 0 saturated heterocycles. The normalized spacial score (nSPS) is 12.8. The second kappa shape index (κ2) is 6.47. The fourth-order valence-corrected chi connectivity index (χ4v) is 3.06. The van der Waals surface area contributed by atoms with Gasteiger partial charge in [0.05, 0.1) is 6.42 Å². The van der Waals surface area contributed by atoms with Gasteiger partial charge in [0, 0.05) is 36.1 Å². The third-order valence-corrected chi connectivity index (χ3v) is 4.37. The molecule has 0 fully saturated rings. The Labute approximate surface area is 145 Å². The summed E-state index contributed by atoms with van der Waals surface area (Å²) in [6, 6.07) is 11.6. The Bertz CT molecular complexity index is 897. The number of carbonyl (C=O) groups is 1. The van der Waals surface area contributed by atoms with Gasteiger partial charge in [0.1, 0.15) is 5.82 Å². The number of benzene rings is 1. The zero-order chi connectivity index (χ0) is 17.2. The lowest BCUT2D eigenvalue weighted by atomic mass is 10.1. The summed E-state index contributed by atoms with van der Waals surface area (Å²) in [6.07, 6.45) is 4.17. The van der Waals surface area contributed by atoms with Gasteiger partial charge in [-0.2, -0.15) is 0 Å². The maximum Gasteiger partial charge on any atom is 0.228 e. The molecular weight excluding hydrogens is 314 g/mol. The van der Waals surface area contributed by atoms with Crippen molar-refractivity contribution >= 4 is 11.6 Å². The fraction of sp³-hybridized carbons (Fsp3) is 0.263. The van der Waals surface area contributed by atoms with Gasteiger partial charge in [-0.15, -0.1) is 10.2 Å². The van der Waals surface area contributed by atoms with Crippen LogP contribution < -0.4 is 5.32 Å². The molecule has 4 rings (SSSR count). The Kier molecular flexibility index (Phi) is 4.01. The summed E-state index contributed by atoms with van der Waals surface area (Å²) in [5, 5.41) is 11.4. The van der Waals surface area contributed by atoms with E-state index in [2.05, 4.69) is 25.1 Å². The van der Waals surface area contributed by atoms with Gasteiger partial charge in [-0.05, 0) is 49.2 Å². The zero-order valence-corrected chi connectivity index (χ0v) is 14.1. The molecule has 1 aromatic carbocycles. The van der Waals surface area contributed by atoms with E-state index in [-0.39, 0.29) is 5.91 Å². The summed E-state index contributed by atoms with van der Waals surface area (Å²) in [5.41, 5.74) is 3.63. The molecule has 1 amide bonds. The van der Waals surface area contributed by atoms with Gasteiger partial charge in [-0.1, -0.05) is 6.07 Å². The molecule has 6 nitrogen and oxygen atoms in total. The Hall–Kier alpha value is -3.02. The predicted octanol–water partition coefficient (Wildman–Crippen LogP) is 2.78. The lowest BCUT2D eigenvalue weighted by Crippen LogP contribution is -2.14. The smallest absolute Gasteiger partial charge is 0.228 e. The molecule has 1 N–H and O–H groups in total. The van der Waals surface area contributed by atoms with Crippen LogP contribution in [0.4, 0.5) is 5.69 Å². The van der Waals surface area contributed by atoms with E-state index in [1.54, 1.807) is 6.20 Å². The quantitative estimate of drug-likeness (QED) is 0.797. The minimum absolute atomic E-state index is 0.0539. The van der Waals surface area contributed by atoms with E-state index in [1.165, 1.54) is 0 Å². The number of aromatic nitrogens is 4. The fourth-order valence-electron chi connectivity index (χ4n) is 3.06. The molecule has 1 aliphatic rings. The van der Waals surface area contributed by atoms with Gasteiger partial charge in [0.25, 0.3) is 0 Å². The Balaban J connectivity index is 1.43. The lowest BCUT2D eigenvalue weighted by molar-refractivity contribution is -0.115. The van der Waals surface area contributed by atoms with Gasteiger partial charge >= 0.3 is 0 Å². The molecule has 2 aromatic heterocycles. The first-order valence-electron chi connectivity index (χ1n) is 8.43. The summed E-state index contributed by atoms with van der Waals surface area (Å²) in [5.74, 6) is 1.90. The molecule has 0 aliphatic carbocycles. The van der Waals surface area contributed by atoms with Crippen LogP contribution in [0.1, 0.15) is 23.5 Å². The highest BCUT2D eigenvalue weighted by molar-refractivity contribution is 5.92. The Morgan fingerprint density at radius 1 is 1.16 bits per heavy atom. The summed E-state index contributed by atoms with van der Waals surface area (Å²) in [4.78, 5) is 16.4. The van der Waals surface area contributed by atoms with Crippen molar-refractivity contribution in [3.05, 3.63) is 59.7 Å². The second-order valence-corrected chi connectivity index (χ2v) is 6.31. The van der Waals surface area contributed by atoms with Crippen molar-refractivity contribution in [3.8, 4) is 11.4 Å². The van der Waals surface area contributed by atoms with Crippen LogP contribution in [0.25, 0.3) is 11.4 Å². The van der Waals surface area contributed by atoms with E-state index < -0.39 is 0 Å². The topological polar surface area (TPSA) is 72.7 Å². The number of hydrogen-bond acceptors (Lipinski definition) is 4. The standard InChI is InChI=1S/C19H19N5O/c1-13-4-5-14(12-20-13)11-18(25)21-16-8-6-15(7-9-16)19-23-22-17-3-2-10-24(17)19/h4-9,12H,2-3,10-11H2,1H3,(H,21,25). The minimum atomic E-state index is -0.0539. The summed E-state index contributed by atoms with van der Waals surface area (Å²) < 4.78 is 2.16. The summed E-state index contributed by atoms with van der Waals surface area (Å²) >= 11 is 0. The molecule has 0 unspecified atom stereocenters. The minimum Gasteiger partial charge on any atom is -0.326 e. The van der Waals surface area contributed by atoms with Crippen LogP contribution in [0.3, 0.4) is 0 Å². The molecule has 0 radical (unpaired) electrons. The van der Waals surface area contributed by atoms with Crippen molar-refractivity contribution in [2.45, 2.75) is 32.7 Å². The van der Waals surface area contributed by atoms with E-state index in [0.717, 1.165) is 53.5 Å². The summed E-state index contributed by atoms with van der Waals surface area (Å²) in [7, 11) is 0. The van der Waals surface area contributed by atoms with Gasteiger partial charge in [-0.3, -0.25) is 9.78 Å². The first-order valence-corrected chi connectivity index (χ1v) is 8.43. The lowest BCUT2D eigenvalue weighted by Gasteiger charge is -2.07. The van der Waals surface area contributed by atoms with Crippen molar-refractivity contribution in [1.29, 1.82) is 0 Å². The molecule has 3 heterocycles. The SMILES string of the molecule is Cc1ccc(CC(=O)Nc2ccc(-c3nnc4n3CCC4)cc2)cn1. The van der Waals surface area contributed by atoms with E-state index >= 15 is 0 Å². The van der Waals surface area contributed by atoms with Crippen LogP contribution in [0.15, 0.2) is 42.6 Å². The number of amides is 1. The van der Waals surface area contributed by atoms with Gasteiger partial charge in [0.2, 0.25) is 5.91 Å². The van der Waals surface area contributed by atoms with Crippen LogP contribution in [0.5, 0.6) is 0 Å². The average molecular weight is 333 g/mol. The second-order valence-electron chi connectivity index (χ2n) is 6.31. The molecule has 0 saturated carbocycles. The number of nitrogens with zero attached hydrogens (tertiary/aromatic N) is 4. The van der Waals surface area contributed by atoms with Crippen molar-refractivity contribution < 1.29 is 4.79 Å². The predicted molar refractivity (Wildman–Crippen MR) is 95.1 cm³/mol. The molecule has 25 heavy (non-hydrogen) atoms. The first-order chi connectivity index (χ1) is 12.2. The molecule has 0 spiro atoms. The number of carbonyl (C=O) groups excluding carboxylic acids is 1. The molecule has 126 valence electrons. The van der Waals surface area contributed by atoms with Gasteiger partial charge < -0.3 is 9.88 Å². The number of fused-ring (bicyclic) bond motifs is 1. The van der Waals surface area contributed by atoms with Crippen molar-refractivity contribution in [3.63, 3.8) is 0 Å². The molecular formula is C19H19N5O. The maximum atomic E-state index is 12.2. The van der Waals surface area contributed by atoms with E-state index in [1.807, 2.05) is 43.3 Å². The number of pyridine rings is 1. The highest BCUT2D eigenvalue weighted by atomic mass is 16.1. The van der Waals surface area contributed by atoms with Crippen LogP contribution in [-0.4, -0.2) is 25.7 Å². The third kappa shape index (κ3) is 3.28. The number of nitrogens with one attached hydrogen (secondary N) is 1. The number of hydrogen-bond donors (Lipinski definition) is 1. The number of aryl methyl sites for hydroxylation is 2. The largest absolute Gasteiger partial charge is 0.326 e. The van der Waals surface area contributed by atoms with E-state index in [0.29, 0.717) is 6.42 Å².